The summed E-state index contributed by atoms with van der Waals surface area (Å²) in [6.07, 6.45) is 3.75. The lowest BCUT2D eigenvalue weighted by atomic mass is 10.0. The number of rotatable bonds is 7. The maximum Gasteiger partial charge on any atom is 0.325 e. The van der Waals surface area contributed by atoms with Crippen molar-refractivity contribution >= 4 is 22.8 Å². The van der Waals surface area contributed by atoms with E-state index in [0.29, 0.717) is 17.9 Å². The van der Waals surface area contributed by atoms with Crippen molar-refractivity contribution in [2.45, 2.75) is 31.8 Å². The number of aromatic nitrogens is 1. The summed E-state index contributed by atoms with van der Waals surface area (Å²) in [6.45, 7) is 1.80. The molecule has 1 saturated heterocycles. The third-order valence-electron chi connectivity index (χ3n) is 4.72. The lowest BCUT2D eigenvalue weighted by molar-refractivity contribution is -0.143. The summed E-state index contributed by atoms with van der Waals surface area (Å²) in [4.78, 5) is 24.9. The second-order valence-electron chi connectivity index (χ2n) is 6.29. The summed E-state index contributed by atoms with van der Waals surface area (Å²) in [5.41, 5.74) is 1.51. The van der Waals surface area contributed by atoms with Crippen molar-refractivity contribution in [1.29, 1.82) is 0 Å². The Hall–Kier alpha value is -2.54. The largest absolute Gasteiger partial charge is 0.497 e. The van der Waals surface area contributed by atoms with Crippen LogP contribution in [0.25, 0.3) is 10.9 Å². The molecule has 1 aliphatic heterocycles. The van der Waals surface area contributed by atoms with Crippen molar-refractivity contribution in [2.75, 3.05) is 20.2 Å². The van der Waals surface area contributed by atoms with Crippen LogP contribution in [0, 0.1) is 0 Å². The average molecular weight is 346 g/mol. The molecule has 25 heavy (non-hydrogen) atoms. The molecule has 2 aromatic rings. The van der Waals surface area contributed by atoms with Gasteiger partial charge in [0.15, 0.2) is 0 Å². The predicted octanol–water partition coefficient (Wildman–Crippen LogP) is 2.35. The molecule has 2 N–H and O–H groups in total. The smallest absolute Gasteiger partial charge is 0.325 e. The molecular formula is C18H22N2O5. The zero-order chi connectivity index (χ0) is 18.0. The third kappa shape index (κ3) is 3.46. The number of carboxylic acid groups (broad SMARTS) is 2. The van der Waals surface area contributed by atoms with Gasteiger partial charge in [-0.1, -0.05) is 0 Å². The van der Waals surface area contributed by atoms with Crippen LogP contribution in [0.4, 0.5) is 0 Å². The van der Waals surface area contributed by atoms with Crippen LogP contribution in [0.3, 0.4) is 0 Å². The number of ether oxygens (including phenoxy) is 1. The Morgan fingerprint density at radius 1 is 1.24 bits per heavy atom. The minimum atomic E-state index is -0.887. The van der Waals surface area contributed by atoms with Gasteiger partial charge >= 0.3 is 11.9 Å². The lowest BCUT2D eigenvalue weighted by Crippen LogP contribution is -2.31. The molecule has 0 bridgehead atoms. The lowest BCUT2D eigenvalue weighted by Gasteiger charge is -2.23. The fraction of sp³-hybridized carbons (Fsp3) is 0.444. The van der Waals surface area contributed by atoms with E-state index in [1.165, 1.54) is 0 Å². The summed E-state index contributed by atoms with van der Waals surface area (Å²) in [6, 6.07) is 4.74. The summed E-state index contributed by atoms with van der Waals surface area (Å²) < 4.78 is 7.11. The highest BCUT2D eigenvalue weighted by atomic mass is 16.5. The van der Waals surface area contributed by atoms with Crippen molar-refractivity contribution in [3.63, 3.8) is 0 Å². The number of benzene rings is 1. The Morgan fingerprint density at radius 3 is 2.56 bits per heavy atom. The third-order valence-corrected chi connectivity index (χ3v) is 4.72. The average Bonchev–Trinajstić information content (AvgIpc) is 3.21. The number of carboxylic acids is 2. The molecule has 1 aromatic carbocycles. The van der Waals surface area contributed by atoms with Gasteiger partial charge in [-0.2, -0.15) is 0 Å². The standard InChI is InChI=1S/C18H22N2O5/c1-25-12-4-5-15-13(10-12)14(11-20(15)9-6-16(21)22)17(18(23)24)19-7-2-3-8-19/h4-5,10-11,17H,2-3,6-9H2,1H3,(H,21,22)(H,23,24). The minimum Gasteiger partial charge on any atom is -0.497 e. The van der Waals surface area contributed by atoms with Crippen molar-refractivity contribution in [2.24, 2.45) is 0 Å². The van der Waals surface area contributed by atoms with Crippen LogP contribution in [-0.2, 0) is 16.1 Å². The molecule has 1 aromatic heterocycles. The Balaban J connectivity index is 2.10. The molecule has 3 rings (SSSR count). The van der Waals surface area contributed by atoms with Gasteiger partial charge in [-0.15, -0.1) is 0 Å². The highest BCUT2D eigenvalue weighted by Crippen LogP contribution is 2.34. The number of aryl methyl sites for hydroxylation is 1. The number of carbonyl (C=O) groups is 2. The van der Waals surface area contributed by atoms with E-state index in [0.717, 1.165) is 36.8 Å². The van der Waals surface area contributed by atoms with Gasteiger partial charge in [-0.25, -0.2) is 0 Å². The van der Waals surface area contributed by atoms with Gasteiger partial charge in [0.25, 0.3) is 0 Å². The topological polar surface area (TPSA) is 92.0 Å². The number of hydrogen-bond donors (Lipinski definition) is 2. The molecule has 134 valence electrons. The molecule has 1 fully saturated rings. The number of nitrogens with zero attached hydrogens (tertiary/aromatic N) is 2. The van der Waals surface area contributed by atoms with E-state index in [9.17, 15) is 14.7 Å². The van der Waals surface area contributed by atoms with Gasteiger partial charge in [0.05, 0.1) is 13.5 Å². The molecule has 0 spiro atoms. The molecule has 7 nitrogen and oxygen atoms in total. The zero-order valence-corrected chi connectivity index (χ0v) is 14.1. The van der Waals surface area contributed by atoms with E-state index >= 15 is 0 Å². The normalized spacial score (nSPS) is 16.2. The minimum absolute atomic E-state index is 0.0172. The zero-order valence-electron chi connectivity index (χ0n) is 14.1. The fourth-order valence-corrected chi connectivity index (χ4v) is 3.54. The summed E-state index contributed by atoms with van der Waals surface area (Å²) >= 11 is 0. The van der Waals surface area contributed by atoms with Crippen LogP contribution in [0.5, 0.6) is 5.75 Å². The van der Waals surface area contributed by atoms with Crippen molar-refractivity contribution in [1.82, 2.24) is 9.47 Å². The summed E-state index contributed by atoms with van der Waals surface area (Å²) in [7, 11) is 1.57. The second kappa shape index (κ2) is 7.14. The first-order valence-electron chi connectivity index (χ1n) is 8.36. The Kier molecular flexibility index (Phi) is 4.94. The van der Waals surface area contributed by atoms with Crippen LogP contribution in [-0.4, -0.2) is 51.8 Å². The van der Waals surface area contributed by atoms with Gasteiger partial charge in [0.1, 0.15) is 11.8 Å². The molecule has 0 saturated carbocycles. The molecule has 0 aliphatic carbocycles. The van der Waals surface area contributed by atoms with Crippen LogP contribution >= 0.6 is 0 Å². The fourth-order valence-electron chi connectivity index (χ4n) is 3.54. The first kappa shape index (κ1) is 17.3. The first-order chi connectivity index (χ1) is 12.0. The SMILES string of the molecule is COc1ccc2c(c1)c(C(C(=O)O)N1CCCC1)cn2CCC(=O)O. The molecule has 7 heteroatoms. The Labute approximate surface area is 145 Å². The van der Waals surface area contributed by atoms with Crippen LogP contribution in [0.1, 0.15) is 30.9 Å². The molecule has 2 heterocycles. The van der Waals surface area contributed by atoms with E-state index in [1.807, 2.05) is 21.6 Å². The van der Waals surface area contributed by atoms with Gasteiger partial charge in [0.2, 0.25) is 0 Å². The number of aliphatic carboxylic acids is 2. The monoisotopic (exact) mass is 346 g/mol. The van der Waals surface area contributed by atoms with E-state index in [2.05, 4.69) is 0 Å². The maximum absolute atomic E-state index is 12.0. The van der Waals surface area contributed by atoms with Crippen LogP contribution in [0.2, 0.25) is 0 Å². The number of methoxy groups -OCH3 is 1. The second-order valence-corrected chi connectivity index (χ2v) is 6.29. The molecule has 1 atom stereocenters. The number of likely N-dealkylation sites (tertiary alicyclic amines) is 1. The van der Waals surface area contributed by atoms with E-state index < -0.39 is 18.0 Å². The summed E-state index contributed by atoms with van der Waals surface area (Å²) in [5, 5.41) is 19.6. The van der Waals surface area contributed by atoms with Gasteiger partial charge < -0.3 is 19.5 Å². The highest BCUT2D eigenvalue weighted by molar-refractivity contribution is 5.90. The quantitative estimate of drug-likeness (QED) is 0.799. The Morgan fingerprint density at radius 2 is 1.96 bits per heavy atom. The van der Waals surface area contributed by atoms with Gasteiger partial charge in [-0.05, 0) is 44.1 Å². The number of fused-ring (bicyclic) bond motifs is 1. The predicted molar refractivity (Wildman–Crippen MR) is 91.9 cm³/mol. The number of hydrogen-bond acceptors (Lipinski definition) is 4. The van der Waals surface area contributed by atoms with Crippen LogP contribution < -0.4 is 4.74 Å². The Bertz CT molecular complexity index is 792. The van der Waals surface area contributed by atoms with Crippen molar-refractivity contribution in [3.05, 3.63) is 30.0 Å². The highest BCUT2D eigenvalue weighted by Gasteiger charge is 2.32. The van der Waals surface area contributed by atoms with E-state index in [-0.39, 0.29) is 6.42 Å². The molecule has 1 unspecified atom stereocenters. The van der Waals surface area contributed by atoms with Gasteiger partial charge in [0, 0.05) is 29.2 Å². The molecule has 0 amide bonds. The van der Waals surface area contributed by atoms with Gasteiger partial charge in [-0.3, -0.25) is 14.5 Å². The van der Waals surface area contributed by atoms with Crippen molar-refractivity contribution < 1.29 is 24.5 Å². The van der Waals surface area contributed by atoms with E-state index in [4.69, 9.17) is 9.84 Å². The maximum atomic E-state index is 12.0. The van der Waals surface area contributed by atoms with Crippen LogP contribution in [0.15, 0.2) is 24.4 Å². The molecular weight excluding hydrogens is 324 g/mol. The summed E-state index contributed by atoms with van der Waals surface area (Å²) in [5.74, 6) is -1.12. The first-order valence-corrected chi connectivity index (χ1v) is 8.36. The molecule has 0 radical (unpaired) electrons. The van der Waals surface area contributed by atoms with Crippen molar-refractivity contribution in [3.8, 4) is 5.75 Å². The van der Waals surface area contributed by atoms with E-state index in [1.54, 1.807) is 19.4 Å². The molecule has 1 aliphatic rings.